The van der Waals surface area contributed by atoms with Crippen LogP contribution in [0.15, 0.2) is 36.4 Å². The highest BCUT2D eigenvalue weighted by molar-refractivity contribution is 6.34. The number of rotatable bonds is 4. The van der Waals surface area contributed by atoms with Crippen LogP contribution in [0.3, 0.4) is 0 Å². The molecule has 1 aliphatic rings. The van der Waals surface area contributed by atoms with E-state index in [-0.39, 0.29) is 34.9 Å². The highest BCUT2D eigenvalue weighted by Gasteiger charge is 2.18. The number of nitrogens with one attached hydrogen (secondary N) is 2. The Balaban J connectivity index is 0.00000261. The first-order valence-electron chi connectivity index (χ1n) is 8.43. The molecule has 2 aromatic carbocycles. The summed E-state index contributed by atoms with van der Waals surface area (Å²) in [5, 5.41) is 5.91. The van der Waals surface area contributed by atoms with Crippen molar-refractivity contribution in [3.8, 4) is 0 Å². The van der Waals surface area contributed by atoms with E-state index in [4.69, 9.17) is 11.6 Å². The summed E-state index contributed by atoms with van der Waals surface area (Å²) in [7, 11) is 2.06. The average molecular weight is 416 g/mol. The zero-order valence-corrected chi connectivity index (χ0v) is 16.3. The standard InChI is InChI=1S/C19H20ClF2N3O.ClH/c1-25-8-6-13(7-9-25)23-18-11-14(3-5-17(18)22)24-19(26)15-4-2-12(21)10-16(15)20;/h2-5,10-11,13,23H,6-9H2,1H3,(H,24,26);1H. The Bertz CT molecular complexity index is 812. The van der Waals surface area contributed by atoms with Crippen LogP contribution in [0.4, 0.5) is 20.2 Å². The van der Waals surface area contributed by atoms with Crippen molar-refractivity contribution in [3.05, 3.63) is 58.6 Å². The molecule has 1 amide bonds. The van der Waals surface area contributed by atoms with Crippen LogP contribution in [-0.4, -0.2) is 37.0 Å². The van der Waals surface area contributed by atoms with E-state index in [2.05, 4.69) is 22.6 Å². The number of piperidine rings is 1. The Morgan fingerprint density at radius 2 is 1.85 bits per heavy atom. The maximum absolute atomic E-state index is 14.1. The molecule has 3 rings (SSSR count). The molecule has 0 radical (unpaired) electrons. The summed E-state index contributed by atoms with van der Waals surface area (Å²) in [6, 6.07) is 8.09. The minimum atomic E-state index is -0.516. The van der Waals surface area contributed by atoms with Gasteiger partial charge in [-0.3, -0.25) is 4.79 Å². The monoisotopic (exact) mass is 415 g/mol. The first-order chi connectivity index (χ1) is 12.4. The van der Waals surface area contributed by atoms with Gasteiger partial charge in [-0.05, 0) is 69.4 Å². The van der Waals surface area contributed by atoms with E-state index in [1.165, 1.54) is 24.3 Å². The van der Waals surface area contributed by atoms with Crippen molar-refractivity contribution in [2.45, 2.75) is 18.9 Å². The lowest BCUT2D eigenvalue weighted by Gasteiger charge is -2.30. The summed E-state index contributed by atoms with van der Waals surface area (Å²) in [6.07, 6.45) is 1.86. The number of likely N-dealkylation sites (tertiary alicyclic amines) is 1. The fourth-order valence-electron chi connectivity index (χ4n) is 2.96. The summed E-state index contributed by atoms with van der Waals surface area (Å²) < 4.78 is 27.2. The Kier molecular flexibility index (Phi) is 7.41. The zero-order chi connectivity index (χ0) is 18.7. The smallest absolute Gasteiger partial charge is 0.257 e. The molecule has 0 atom stereocenters. The van der Waals surface area contributed by atoms with Crippen LogP contribution in [0, 0.1) is 11.6 Å². The molecule has 2 aromatic rings. The number of hydrogen-bond acceptors (Lipinski definition) is 3. The summed E-state index contributed by atoms with van der Waals surface area (Å²) in [5.41, 5.74) is 0.942. The fourth-order valence-corrected chi connectivity index (χ4v) is 3.21. The predicted octanol–water partition coefficient (Wildman–Crippen LogP) is 4.80. The van der Waals surface area contributed by atoms with Crippen LogP contribution >= 0.6 is 24.0 Å². The normalized spacial score (nSPS) is 15.1. The van der Waals surface area contributed by atoms with E-state index >= 15 is 0 Å². The first-order valence-corrected chi connectivity index (χ1v) is 8.81. The highest BCUT2D eigenvalue weighted by atomic mass is 35.5. The van der Waals surface area contributed by atoms with Crippen LogP contribution in [-0.2, 0) is 0 Å². The minimum absolute atomic E-state index is 0. The molecule has 1 saturated heterocycles. The van der Waals surface area contributed by atoms with Crippen molar-refractivity contribution in [2.24, 2.45) is 0 Å². The van der Waals surface area contributed by atoms with E-state index < -0.39 is 11.7 Å². The topological polar surface area (TPSA) is 44.4 Å². The number of nitrogens with zero attached hydrogens (tertiary/aromatic N) is 1. The fraction of sp³-hybridized carbons (Fsp3) is 0.316. The van der Waals surface area contributed by atoms with Gasteiger partial charge in [-0.2, -0.15) is 0 Å². The number of anilines is 2. The number of carbonyl (C=O) groups excluding carboxylic acids is 1. The molecular weight excluding hydrogens is 395 g/mol. The Morgan fingerprint density at radius 1 is 1.15 bits per heavy atom. The highest BCUT2D eigenvalue weighted by Crippen LogP contribution is 2.24. The van der Waals surface area contributed by atoms with Gasteiger partial charge in [-0.25, -0.2) is 8.78 Å². The van der Waals surface area contributed by atoms with Gasteiger partial charge in [0.1, 0.15) is 11.6 Å². The lowest BCUT2D eigenvalue weighted by Crippen LogP contribution is -2.36. The van der Waals surface area contributed by atoms with E-state index in [9.17, 15) is 13.6 Å². The summed E-state index contributed by atoms with van der Waals surface area (Å²) in [4.78, 5) is 14.6. The van der Waals surface area contributed by atoms with Crippen LogP contribution in [0.2, 0.25) is 5.02 Å². The van der Waals surface area contributed by atoms with Crippen molar-refractivity contribution in [1.29, 1.82) is 0 Å². The van der Waals surface area contributed by atoms with Crippen LogP contribution in [0.1, 0.15) is 23.2 Å². The molecule has 1 heterocycles. The van der Waals surface area contributed by atoms with Crippen LogP contribution < -0.4 is 10.6 Å². The molecule has 1 aliphatic heterocycles. The van der Waals surface area contributed by atoms with Crippen molar-refractivity contribution in [1.82, 2.24) is 4.90 Å². The quantitative estimate of drug-likeness (QED) is 0.753. The molecule has 0 aliphatic carbocycles. The molecule has 0 spiro atoms. The van der Waals surface area contributed by atoms with Crippen molar-refractivity contribution in [3.63, 3.8) is 0 Å². The van der Waals surface area contributed by atoms with E-state index in [0.717, 1.165) is 32.0 Å². The molecule has 2 N–H and O–H groups in total. The maximum Gasteiger partial charge on any atom is 0.257 e. The summed E-state index contributed by atoms with van der Waals surface area (Å²) in [5.74, 6) is -1.37. The number of hydrogen-bond donors (Lipinski definition) is 2. The molecular formula is C19H21Cl2F2N3O. The van der Waals surface area contributed by atoms with Gasteiger partial charge in [-0.1, -0.05) is 11.6 Å². The van der Waals surface area contributed by atoms with Crippen molar-refractivity contribution in [2.75, 3.05) is 30.8 Å². The Labute approximate surface area is 168 Å². The van der Waals surface area contributed by atoms with Crippen molar-refractivity contribution < 1.29 is 13.6 Å². The third kappa shape index (κ3) is 5.54. The molecule has 1 fully saturated rings. The van der Waals surface area contributed by atoms with Gasteiger partial charge < -0.3 is 15.5 Å². The second-order valence-electron chi connectivity index (χ2n) is 6.49. The average Bonchev–Trinajstić information content (AvgIpc) is 2.59. The SMILES string of the molecule is CN1CCC(Nc2cc(NC(=O)c3ccc(F)cc3Cl)ccc2F)CC1.Cl. The molecule has 146 valence electrons. The van der Waals surface area contributed by atoms with Crippen LogP contribution in [0.5, 0.6) is 0 Å². The molecule has 0 bridgehead atoms. The van der Waals surface area contributed by atoms with Crippen LogP contribution in [0.25, 0.3) is 0 Å². The van der Waals surface area contributed by atoms with E-state index in [0.29, 0.717) is 11.4 Å². The van der Waals surface area contributed by atoms with E-state index in [1.54, 1.807) is 6.07 Å². The Hall–Kier alpha value is -1.89. The summed E-state index contributed by atoms with van der Waals surface area (Å²) >= 11 is 5.91. The lowest BCUT2D eigenvalue weighted by atomic mass is 10.1. The largest absolute Gasteiger partial charge is 0.380 e. The zero-order valence-electron chi connectivity index (χ0n) is 14.8. The van der Waals surface area contributed by atoms with Gasteiger partial charge in [0.25, 0.3) is 5.91 Å². The molecule has 8 heteroatoms. The second-order valence-corrected chi connectivity index (χ2v) is 6.90. The molecule has 0 saturated carbocycles. The number of carbonyl (C=O) groups is 1. The summed E-state index contributed by atoms with van der Waals surface area (Å²) in [6.45, 7) is 1.91. The minimum Gasteiger partial charge on any atom is -0.380 e. The number of halogens is 4. The molecule has 27 heavy (non-hydrogen) atoms. The van der Waals surface area contributed by atoms with Crippen molar-refractivity contribution >= 4 is 41.3 Å². The lowest BCUT2D eigenvalue weighted by molar-refractivity contribution is 0.102. The predicted molar refractivity (Wildman–Crippen MR) is 107 cm³/mol. The molecule has 0 unspecified atom stereocenters. The molecule has 4 nitrogen and oxygen atoms in total. The van der Waals surface area contributed by atoms with E-state index in [1.807, 2.05) is 0 Å². The second kappa shape index (κ2) is 9.35. The van der Waals surface area contributed by atoms with Gasteiger partial charge in [0.2, 0.25) is 0 Å². The van der Waals surface area contributed by atoms with Gasteiger partial charge in [0.05, 0.1) is 16.3 Å². The van der Waals surface area contributed by atoms with Gasteiger partial charge >= 0.3 is 0 Å². The third-order valence-corrected chi connectivity index (χ3v) is 4.79. The Morgan fingerprint density at radius 3 is 2.52 bits per heavy atom. The number of benzene rings is 2. The van der Waals surface area contributed by atoms with Gasteiger partial charge in [0, 0.05) is 11.7 Å². The number of amides is 1. The van der Waals surface area contributed by atoms with Gasteiger partial charge in [-0.15, -0.1) is 12.4 Å². The van der Waals surface area contributed by atoms with Gasteiger partial charge in [0.15, 0.2) is 0 Å². The molecule has 0 aromatic heterocycles. The first kappa shape index (κ1) is 21.4. The maximum atomic E-state index is 14.1. The third-order valence-electron chi connectivity index (χ3n) is 4.48.